The minimum atomic E-state index is -1.05. The van der Waals surface area contributed by atoms with Crippen molar-refractivity contribution in [3.8, 4) is 17.2 Å². The number of nitrogens with two attached hydrogens (primary N) is 3. The molecule has 0 atom stereocenters. The molecule has 12 heteroatoms. The number of esters is 3. The Morgan fingerprint density at radius 2 is 0.786 bits per heavy atom. The summed E-state index contributed by atoms with van der Waals surface area (Å²) in [6.07, 6.45) is 0.331. The Bertz CT molecular complexity index is 1140. The molecule has 0 aromatic heterocycles. The lowest BCUT2D eigenvalue weighted by atomic mass is 9.88. The predicted molar refractivity (Wildman–Crippen MR) is 155 cm³/mol. The van der Waals surface area contributed by atoms with E-state index in [0.29, 0.717) is 40.7 Å². The first kappa shape index (κ1) is 31.4. The highest BCUT2D eigenvalue weighted by Gasteiger charge is 2.34. The summed E-state index contributed by atoms with van der Waals surface area (Å²) in [5.41, 5.74) is 17.6. The first-order valence-electron chi connectivity index (χ1n) is 13.1. The van der Waals surface area contributed by atoms with E-state index in [4.69, 9.17) is 45.6 Å². The average molecular weight is 582 g/mol. The minimum absolute atomic E-state index is 0.217. The zero-order valence-corrected chi connectivity index (χ0v) is 23.3. The van der Waals surface area contributed by atoms with Crippen molar-refractivity contribution in [2.45, 2.75) is 13.3 Å². The first-order valence-corrected chi connectivity index (χ1v) is 13.1. The monoisotopic (exact) mass is 581 g/mol. The highest BCUT2D eigenvalue weighted by atomic mass is 16.6. The van der Waals surface area contributed by atoms with Crippen molar-refractivity contribution in [3.63, 3.8) is 0 Å². The Hall–Kier alpha value is -5.13. The van der Waals surface area contributed by atoms with Crippen LogP contribution in [-0.2, 0) is 28.6 Å². The van der Waals surface area contributed by atoms with Crippen LogP contribution in [-0.4, -0.2) is 57.5 Å². The van der Waals surface area contributed by atoms with E-state index in [1.165, 1.54) is 0 Å². The highest BCUT2D eigenvalue weighted by molar-refractivity contribution is 5.72. The maximum Gasteiger partial charge on any atom is 0.344 e. The van der Waals surface area contributed by atoms with Crippen LogP contribution >= 0.6 is 0 Å². The summed E-state index contributed by atoms with van der Waals surface area (Å²) in [5, 5.41) is 0. The molecule has 0 fully saturated rings. The Morgan fingerprint density at radius 1 is 0.524 bits per heavy atom. The van der Waals surface area contributed by atoms with Crippen molar-refractivity contribution in [1.29, 1.82) is 0 Å². The van der Waals surface area contributed by atoms with Crippen molar-refractivity contribution in [1.82, 2.24) is 0 Å². The van der Waals surface area contributed by atoms with Gasteiger partial charge in [-0.15, -0.1) is 0 Å². The Morgan fingerprint density at radius 3 is 1.02 bits per heavy atom. The lowest BCUT2D eigenvalue weighted by molar-refractivity contribution is -0.164. The molecule has 0 saturated carbocycles. The number of carbonyl (C=O) groups excluding carboxylic acids is 3. The molecule has 6 N–H and O–H groups in total. The van der Waals surface area contributed by atoms with Crippen LogP contribution < -0.4 is 31.4 Å². The van der Waals surface area contributed by atoms with E-state index in [0.717, 1.165) is 0 Å². The van der Waals surface area contributed by atoms with Crippen molar-refractivity contribution in [2.75, 3.05) is 56.8 Å². The quantitative estimate of drug-likeness (QED) is 0.128. The van der Waals surface area contributed by atoms with Crippen LogP contribution in [0.5, 0.6) is 17.2 Å². The van der Waals surface area contributed by atoms with Crippen LogP contribution in [0.25, 0.3) is 0 Å². The molecule has 0 heterocycles. The maximum absolute atomic E-state index is 12.4. The largest absolute Gasteiger partial charge is 0.482 e. The molecule has 3 rings (SSSR count). The van der Waals surface area contributed by atoms with E-state index in [9.17, 15) is 14.4 Å². The lowest BCUT2D eigenvalue weighted by Gasteiger charge is -2.31. The molecule has 0 aliphatic carbocycles. The number of ether oxygens (including phenoxy) is 6. The summed E-state index contributed by atoms with van der Waals surface area (Å²) in [7, 11) is 0. The van der Waals surface area contributed by atoms with Crippen LogP contribution in [0, 0.1) is 5.41 Å². The molecular formula is C30H35N3O9. The van der Waals surface area contributed by atoms with Crippen LogP contribution in [0.4, 0.5) is 17.1 Å². The molecule has 3 aromatic carbocycles. The number of hydrogen-bond acceptors (Lipinski definition) is 12. The first-order chi connectivity index (χ1) is 20.2. The molecule has 0 amide bonds. The van der Waals surface area contributed by atoms with Gasteiger partial charge in [-0.05, 0) is 79.2 Å². The molecule has 0 spiro atoms. The number of rotatable bonds is 16. The summed E-state index contributed by atoms with van der Waals surface area (Å²) in [4.78, 5) is 37.3. The fourth-order valence-corrected chi connectivity index (χ4v) is 3.38. The van der Waals surface area contributed by atoms with E-state index in [1.807, 2.05) is 0 Å². The van der Waals surface area contributed by atoms with Crippen molar-refractivity contribution in [3.05, 3.63) is 72.8 Å². The number of carbonyl (C=O) groups is 3. The average Bonchev–Trinajstić information content (AvgIpc) is 3.00. The zero-order valence-electron chi connectivity index (χ0n) is 23.3. The number of benzene rings is 3. The van der Waals surface area contributed by atoms with E-state index < -0.39 is 23.3 Å². The Labute approximate surface area is 243 Å². The summed E-state index contributed by atoms with van der Waals surface area (Å²) in [5.74, 6) is -0.684. The molecule has 0 aliphatic heterocycles. The van der Waals surface area contributed by atoms with Gasteiger partial charge in [-0.2, -0.15) is 0 Å². The van der Waals surface area contributed by atoms with E-state index >= 15 is 0 Å². The number of anilines is 3. The number of hydrogen-bond donors (Lipinski definition) is 3. The van der Waals surface area contributed by atoms with Gasteiger partial charge < -0.3 is 45.6 Å². The topological polar surface area (TPSA) is 185 Å². The SMILES string of the molecule is CCC(COC(=O)COc1ccc(N)cc1)(COC(=O)COc1ccc(N)cc1)COC(=O)COc1ccc(N)cc1. The number of nitrogen functional groups attached to an aromatic ring is 3. The van der Waals surface area contributed by atoms with Crippen LogP contribution in [0.2, 0.25) is 0 Å². The fourth-order valence-electron chi connectivity index (χ4n) is 3.38. The second-order valence-electron chi connectivity index (χ2n) is 9.41. The summed E-state index contributed by atoms with van der Waals surface area (Å²) in [6, 6.07) is 19.6. The van der Waals surface area contributed by atoms with Gasteiger partial charge in [-0.1, -0.05) is 6.92 Å². The van der Waals surface area contributed by atoms with Crippen LogP contribution in [0.3, 0.4) is 0 Å². The van der Waals surface area contributed by atoms with Gasteiger partial charge in [0, 0.05) is 17.1 Å². The zero-order chi connectivity index (χ0) is 30.4. The van der Waals surface area contributed by atoms with Gasteiger partial charge in [0.05, 0.1) is 5.41 Å². The molecular weight excluding hydrogens is 546 g/mol. The van der Waals surface area contributed by atoms with Crippen molar-refractivity contribution < 1.29 is 42.8 Å². The van der Waals surface area contributed by atoms with Crippen LogP contribution in [0.15, 0.2) is 72.8 Å². The van der Waals surface area contributed by atoms with E-state index in [2.05, 4.69) is 0 Å². The molecule has 0 unspecified atom stereocenters. The fraction of sp³-hybridized carbons (Fsp3) is 0.300. The Kier molecular flexibility index (Phi) is 11.7. The summed E-state index contributed by atoms with van der Waals surface area (Å²) in [6.45, 7) is 0.0372. The normalized spacial score (nSPS) is 10.8. The van der Waals surface area contributed by atoms with E-state index in [-0.39, 0.29) is 39.6 Å². The molecule has 0 aliphatic rings. The third-order valence-electron chi connectivity index (χ3n) is 6.08. The third-order valence-corrected chi connectivity index (χ3v) is 6.08. The summed E-state index contributed by atoms with van der Waals surface area (Å²) >= 11 is 0. The van der Waals surface area contributed by atoms with Crippen molar-refractivity contribution in [2.24, 2.45) is 5.41 Å². The lowest BCUT2D eigenvalue weighted by Crippen LogP contribution is -2.40. The molecule has 224 valence electrons. The second kappa shape index (κ2) is 15.6. The second-order valence-corrected chi connectivity index (χ2v) is 9.41. The van der Waals surface area contributed by atoms with Gasteiger partial charge >= 0.3 is 17.9 Å². The molecule has 0 saturated heterocycles. The summed E-state index contributed by atoms with van der Waals surface area (Å²) < 4.78 is 32.6. The van der Waals surface area contributed by atoms with Gasteiger partial charge in [-0.3, -0.25) is 0 Å². The molecule has 12 nitrogen and oxygen atoms in total. The molecule has 0 bridgehead atoms. The highest BCUT2D eigenvalue weighted by Crippen LogP contribution is 2.25. The standard InChI is InChI=1S/C30H35N3O9/c1-2-30(18-40-27(34)15-37-24-9-3-21(31)4-10-24,19-41-28(35)16-38-25-11-5-22(32)6-12-25)20-42-29(36)17-39-26-13-7-23(33)8-14-26/h3-14H,2,15-20,31-33H2,1H3. The van der Waals surface area contributed by atoms with Gasteiger partial charge in [0.15, 0.2) is 19.8 Å². The molecule has 3 aromatic rings. The van der Waals surface area contributed by atoms with Gasteiger partial charge in [-0.25, -0.2) is 14.4 Å². The smallest absolute Gasteiger partial charge is 0.344 e. The maximum atomic E-state index is 12.4. The third kappa shape index (κ3) is 10.8. The van der Waals surface area contributed by atoms with Gasteiger partial charge in [0.1, 0.15) is 37.1 Å². The van der Waals surface area contributed by atoms with Crippen LogP contribution in [0.1, 0.15) is 13.3 Å². The minimum Gasteiger partial charge on any atom is -0.482 e. The Balaban J connectivity index is 1.56. The molecule has 0 radical (unpaired) electrons. The van der Waals surface area contributed by atoms with Gasteiger partial charge in [0.2, 0.25) is 0 Å². The molecule has 42 heavy (non-hydrogen) atoms. The van der Waals surface area contributed by atoms with Crippen molar-refractivity contribution >= 4 is 35.0 Å². The van der Waals surface area contributed by atoms with E-state index in [1.54, 1.807) is 79.7 Å². The predicted octanol–water partition coefficient (Wildman–Crippen LogP) is 3.00. The van der Waals surface area contributed by atoms with Gasteiger partial charge in [0.25, 0.3) is 0 Å².